The van der Waals surface area contributed by atoms with Gasteiger partial charge in [-0.15, -0.1) is 0 Å². The fourth-order valence-electron chi connectivity index (χ4n) is 1.19. The number of hydrogen-bond acceptors (Lipinski definition) is 1. The summed E-state index contributed by atoms with van der Waals surface area (Å²) in [6, 6.07) is 0. The summed E-state index contributed by atoms with van der Waals surface area (Å²) in [6.45, 7) is 2.24. The van der Waals surface area contributed by atoms with Gasteiger partial charge in [0.05, 0.1) is 0 Å². The molecule has 52 valence electrons. The molecule has 1 aliphatic rings. The molecule has 9 heavy (non-hydrogen) atoms. The number of aliphatic imine (C=N–C) groups is 1. The van der Waals surface area contributed by atoms with E-state index < -0.39 is 0 Å². The van der Waals surface area contributed by atoms with Crippen molar-refractivity contribution < 1.29 is 0 Å². The first-order chi connectivity index (χ1) is 4.38. The lowest BCUT2D eigenvalue weighted by atomic mass is 10.2. The highest BCUT2D eigenvalue weighted by Gasteiger charge is 2.29. The molecular formula is C8H15N. The Hall–Kier alpha value is -0.330. The monoisotopic (exact) mass is 125 g/mol. The molecule has 1 aliphatic carbocycles. The van der Waals surface area contributed by atoms with E-state index in [1.54, 1.807) is 0 Å². The lowest BCUT2D eigenvalue weighted by Crippen LogP contribution is -1.79. The topological polar surface area (TPSA) is 12.4 Å². The van der Waals surface area contributed by atoms with E-state index in [0.29, 0.717) is 0 Å². The zero-order chi connectivity index (χ0) is 6.69. The molecule has 1 heteroatoms. The molecule has 1 fully saturated rings. The minimum atomic E-state index is 0.884. The van der Waals surface area contributed by atoms with Gasteiger partial charge in [-0.1, -0.05) is 19.8 Å². The third kappa shape index (κ3) is 1.81. The molecule has 1 nitrogen and oxygen atoms in total. The van der Waals surface area contributed by atoms with Crippen LogP contribution in [0.5, 0.6) is 0 Å². The van der Waals surface area contributed by atoms with Gasteiger partial charge in [-0.3, -0.25) is 4.99 Å². The third-order valence-corrected chi connectivity index (χ3v) is 1.96. The lowest BCUT2D eigenvalue weighted by molar-refractivity contribution is 0.677. The Morgan fingerprint density at radius 3 is 2.89 bits per heavy atom. The fraction of sp³-hybridized carbons (Fsp3) is 0.875. The lowest BCUT2D eigenvalue weighted by Gasteiger charge is -1.89. The van der Waals surface area contributed by atoms with Crippen molar-refractivity contribution in [1.29, 1.82) is 0 Å². The normalized spacial score (nSPS) is 29.1. The van der Waals surface area contributed by atoms with Gasteiger partial charge in [0.2, 0.25) is 0 Å². The molecule has 1 atom stereocenters. The van der Waals surface area contributed by atoms with Crippen LogP contribution in [-0.2, 0) is 0 Å². The Labute approximate surface area is 57.2 Å². The van der Waals surface area contributed by atoms with Crippen LogP contribution in [0.2, 0.25) is 0 Å². The highest BCUT2D eigenvalue weighted by Crippen LogP contribution is 2.30. The van der Waals surface area contributed by atoms with E-state index in [0.717, 1.165) is 5.92 Å². The second-order valence-corrected chi connectivity index (χ2v) is 2.76. The largest absolute Gasteiger partial charge is 0.297 e. The van der Waals surface area contributed by atoms with Crippen LogP contribution in [0.25, 0.3) is 0 Å². The molecule has 0 aromatic heterocycles. The first kappa shape index (κ1) is 6.79. The van der Waals surface area contributed by atoms with E-state index in [4.69, 9.17) is 0 Å². The Kier molecular flexibility index (Phi) is 2.26. The van der Waals surface area contributed by atoms with Crippen LogP contribution >= 0.6 is 0 Å². The highest BCUT2D eigenvalue weighted by molar-refractivity contribution is 6.00. The molecule has 0 N–H and O–H groups in total. The molecule has 1 rings (SSSR count). The van der Waals surface area contributed by atoms with Gasteiger partial charge in [-0.2, -0.15) is 0 Å². The van der Waals surface area contributed by atoms with Crippen LogP contribution < -0.4 is 0 Å². The van der Waals surface area contributed by atoms with Gasteiger partial charge in [0, 0.05) is 18.7 Å². The minimum Gasteiger partial charge on any atom is -0.297 e. The first-order valence-corrected chi connectivity index (χ1v) is 3.84. The Morgan fingerprint density at radius 2 is 2.44 bits per heavy atom. The SMILES string of the molecule is CCCCC1CC1=NC. The van der Waals surface area contributed by atoms with Gasteiger partial charge >= 0.3 is 0 Å². The van der Waals surface area contributed by atoms with Crippen molar-refractivity contribution in [2.75, 3.05) is 7.05 Å². The van der Waals surface area contributed by atoms with Crippen LogP contribution in [-0.4, -0.2) is 12.8 Å². The molecule has 0 radical (unpaired) electrons. The van der Waals surface area contributed by atoms with Gasteiger partial charge in [0.1, 0.15) is 0 Å². The van der Waals surface area contributed by atoms with E-state index in [1.807, 2.05) is 7.05 Å². The molecule has 0 spiro atoms. The maximum atomic E-state index is 4.15. The van der Waals surface area contributed by atoms with Crippen LogP contribution in [0.3, 0.4) is 0 Å². The predicted octanol–water partition coefficient (Wildman–Crippen LogP) is 2.27. The first-order valence-electron chi connectivity index (χ1n) is 3.84. The van der Waals surface area contributed by atoms with E-state index in [2.05, 4.69) is 11.9 Å². The number of rotatable bonds is 3. The van der Waals surface area contributed by atoms with Crippen molar-refractivity contribution in [1.82, 2.24) is 0 Å². The summed E-state index contributed by atoms with van der Waals surface area (Å²) in [5.74, 6) is 0.884. The van der Waals surface area contributed by atoms with E-state index >= 15 is 0 Å². The second-order valence-electron chi connectivity index (χ2n) is 2.76. The average Bonchev–Trinajstić information content (AvgIpc) is 2.62. The van der Waals surface area contributed by atoms with Gasteiger partial charge in [0.15, 0.2) is 0 Å². The number of nitrogens with zero attached hydrogens (tertiary/aromatic N) is 1. The van der Waals surface area contributed by atoms with Crippen molar-refractivity contribution in [3.63, 3.8) is 0 Å². The molecule has 0 amide bonds. The molecule has 0 aliphatic heterocycles. The summed E-state index contributed by atoms with van der Waals surface area (Å²) >= 11 is 0. The Balaban J connectivity index is 2.05. The zero-order valence-electron chi connectivity index (χ0n) is 6.35. The van der Waals surface area contributed by atoms with E-state index in [-0.39, 0.29) is 0 Å². The maximum absolute atomic E-state index is 4.15. The second kappa shape index (κ2) is 3.00. The Bertz CT molecular complexity index is 116. The summed E-state index contributed by atoms with van der Waals surface area (Å²) in [7, 11) is 1.90. The fourth-order valence-corrected chi connectivity index (χ4v) is 1.19. The van der Waals surface area contributed by atoms with E-state index in [1.165, 1.54) is 31.4 Å². The van der Waals surface area contributed by atoms with Crippen LogP contribution in [0.1, 0.15) is 32.6 Å². The highest BCUT2D eigenvalue weighted by atomic mass is 14.7. The average molecular weight is 125 g/mol. The molecule has 0 saturated heterocycles. The van der Waals surface area contributed by atoms with Crippen molar-refractivity contribution in [3.8, 4) is 0 Å². The molecule has 0 aromatic carbocycles. The van der Waals surface area contributed by atoms with Gasteiger partial charge in [0.25, 0.3) is 0 Å². The van der Waals surface area contributed by atoms with Gasteiger partial charge < -0.3 is 0 Å². The molecule has 1 saturated carbocycles. The van der Waals surface area contributed by atoms with Gasteiger partial charge in [-0.25, -0.2) is 0 Å². The van der Waals surface area contributed by atoms with Crippen LogP contribution in [0, 0.1) is 5.92 Å². The van der Waals surface area contributed by atoms with Gasteiger partial charge in [-0.05, 0) is 12.8 Å². The summed E-state index contributed by atoms with van der Waals surface area (Å²) in [5.41, 5.74) is 1.45. The van der Waals surface area contributed by atoms with Crippen molar-refractivity contribution in [2.45, 2.75) is 32.6 Å². The smallest absolute Gasteiger partial charge is 0.0276 e. The summed E-state index contributed by atoms with van der Waals surface area (Å²) in [6.07, 6.45) is 5.37. The summed E-state index contributed by atoms with van der Waals surface area (Å²) in [5, 5.41) is 0. The maximum Gasteiger partial charge on any atom is 0.0276 e. The minimum absolute atomic E-state index is 0.884. The third-order valence-electron chi connectivity index (χ3n) is 1.96. The molecular weight excluding hydrogens is 110 g/mol. The standard InChI is InChI=1S/C8H15N/c1-3-4-5-7-6-8(7)9-2/h7H,3-6H2,1-2H3. The van der Waals surface area contributed by atoms with Crippen molar-refractivity contribution >= 4 is 5.71 Å². The molecule has 0 aromatic rings. The molecule has 0 heterocycles. The van der Waals surface area contributed by atoms with Crippen LogP contribution in [0.15, 0.2) is 4.99 Å². The van der Waals surface area contributed by atoms with E-state index in [9.17, 15) is 0 Å². The van der Waals surface area contributed by atoms with Crippen molar-refractivity contribution in [3.05, 3.63) is 0 Å². The predicted molar refractivity (Wildman–Crippen MR) is 41.0 cm³/mol. The summed E-state index contributed by atoms with van der Waals surface area (Å²) < 4.78 is 0. The Morgan fingerprint density at radius 1 is 1.67 bits per heavy atom. The number of unbranched alkanes of at least 4 members (excludes halogenated alkanes) is 1. The molecule has 0 bridgehead atoms. The summed E-state index contributed by atoms with van der Waals surface area (Å²) in [4.78, 5) is 4.15. The molecule has 1 unspecified atom stereocenters. The number of hydrogen-bond donors (Lipinski definition) is 0. The zero-order valence-corrected chi connectivity index (χ0v) is 6.35. The van der Waals surface area contributed by atoms with Crippen molar-refractivity contribution in [2.24, 2.45) is 10.9 Å². The van der Waals surface area contributed by atoms with Crippen LogP contribution in [0.4, 0.5) is 0 Å². The quantitative estimate of drug-likeness (QED) is 0.548.